The molecule has 1 aromatic rings. The van der Waals surface area contributed by atoms with Crippen molar-refractivity contribution in [1.29, 1.82) is 5.26 Å². The van der Waals surface area contributed by atoms with Crippen molar-refractivity contribution in [3.05, 3.63) is 22.4 Å². The Balaban J connectivity index is 2.32. The quantitative estimate of drug-likeness (QED) is 0.755. The summed E-state index contributed by atoms with van der Waals surface area (Å²) in [5.74, 6) is 0.300. The smallest absolute Gasteiger partial charge is 0.344 e. The third kappa shape index (κ3) is 3.56. The second-order valence-corrected chi connectivity index (χ2v) is 5.85. The zero-order valence-electron chi connectivity index (χ0n) is 13.4. The molecule has 0 saturated heterocycles. The Morgan fingerprint density at radius 2 is 2.09 bits per heavy atom. The van der Waals surface area contributed by atoms with Crippen molar-refractivity contribution >= 4 is 5.97 Å². The SMILES string of the molecule is CCOC(=O)COc1nc(CC(C)C)c2c(c1C#N)CCC2. The predicted molar refractivity (Wildman–Crippen MR) is 81.6 cm³/mol. The number of carbonyl (C=O) groups is 1. The summed E-state index contributed by atoms with van der Waals surface area (Å²) in [6.45, 7) is 6.12. The maximum absolute atomic E-state index is 11.5. The highest BCUT2D eigenvalue weighted by Crippen LogP contribution is 2.33. The van der Waals surface area contributed by atoms with Crippen LogP contribution in [0.25, 0.3) is 0 Å². The normalized spacial score (nSPS) is 12.9. The molecular formula is C17H22N2O3. The first kappa shape index (κ1) is 16.3. The van der Waals surface area contributed by atoms with Gasteiger partial charge in [-0.15, -0.1) is 0 Å². The number of nitrogens with zero attached hydrogens (tertiary/aromatic N) is 2. The number of fused-ring (bicyclic) bond motifs is 1. The molecule has 1 aliphatic rings. The van der Waals surface area contributed by atoms with Crippen LogP contribution in [-0.4, -0.2) is 24.2 Å². The van der Waals surface area contributed by atoms with E-state index in [1.807, 2.05) is 0 Å². The molecule has 1 aliphatic carbocycles. The summed E-state index contributed by atoms with van der Waals surface area (Å²) in [5, 5.41) is 9.44. The van der Waals surface area contributed by atoms with E-state index in [1.165, 1.54) is 5.56 Å². The molecular weight excluding hydrogens is 280 g/mol. The standard InChI is InChI=1S/C17H22N2O3/c1-4-21-16(20)10-22-17-14(9-18)12-6-5-7-13(12)15(19-17)8-11(2)3/h11H,4-8,10H2,1-3H3. The lowest BCUT2D eigenvalue weighted by molar-refractivity contribution is -0.145. The highest BCUT2D eigenvalue weighted by atomic mass is 16.6. The van der Waals surface area contributed by atoms with Crippen molar-refractivity contribution in [3.8, 4) is 11.9 Å². The molecule has 0 amide bonds. The van der Waals surface area contributed by atoms with Crippen LogP contribution in [0.3, 0.4) is 0 Å². The van der Waals surface area contributed by atoms with Crippen molar-refractivity contribution in [2.24, 2.45) is 5.92 Å². The minimum absolute atomic E-state index is 0.213. The molecule has 0 unspecified atom stereocenters. The van der Waals surface area contributed by atoms with Gasteiger partial charge in [-0.3, -0.25) is 0 Å². The Hall–Kier alpha value is -2.09. The molecule has 0 N–H and O–H groups in total. The minimum atomic E-state index is -0.445. The Bertz CT molecular complexity index is 603. The number of aromatic nitrogens is 1. The third-order valence-corrected chi connectivity index (χ3v) is 3.66. The molecule has 2 rings (SSSR count). The van der Waals surface area contributed by atoms with Crippen LogP contribution in [0.4, 0.5) is 0 Å². The van der Waals surface area contributed by atoms with Gasteiger partial charge in [0.2, 0.25) is 5.88 Å². The second-order valence-electron chi connectivity index (χ2n) is 5.85. The maximum Gasteiger partial charge on any atom is 0.344 e. The average Bonchev–Trinajstić information content (AvgIpc) is 2.94. The Morgan fingerprint density at radius 1 is 1.36 bits per heavy atom. The van der Waals surface area contributed by atoms with E-state index in [1.54, 1.807) is 6.92 Å². The zero-order chi connectivity index (χ0) is 16.1. The fourth-order valence-electron chi connectivity index (χ4n) is 2.82. The average molecular weight is 302 g/mol. The van der Waals surface area contributed by atoms with E-state index in [0.717, 1.165) is 36.9 Å². The molecule has 0 radical (unpaired) electrons. The second kappa shape index (κ2) is 7.26. The van der Waals surface area contributed by atoms with Crippen molar-refractivity contribution in [3.63, 3.8) is 0 Å². The fourth-order valence-corrected chi connectivity index (χ4v) is 2.82. The summed E-state index contributed by atoms with van der Waals surface area (Å²) in [4.78, 5) is 16.0. The van der Waals surface area contributed by atoms with Crippen LogP contribution in [0.2, 0.25) is 0 Å². The van der Waals surface area contributed by atoms with Crippen LogP contribution in [0, 0.1) is 17.2 Å². The lowest BCUT2D eigenvalue weighted by Crippen LogP contribution is -2.17. The first-order valence-corrected chi connectivity index (χ1v) is 7.79. The van der Waals surface area contributed by atoms with Gasteiger partial charge in [-0.25, -0.2) is 9.78 Å². The molecule has 1 heterocycles. The van der Waals surface area contributed by atoms with Crippen molar-refractivity contribution < 1.29 is 14.3 Å². The highest BCUT2D eigenvalue weighted by Gasteiger charge is 2.25. The topological polar surface area (TPSA) is 72.2 Å². The van der Waals surface area contributed by atoms with E-state index in [-0.39, 0.29) is 12.5 Å². The molecule has 0 fully saturated rings. The number of hydrogen-bond donors (Lipinski definition) is 0. The molecule has 0 aliphatic heterocycles. The van der Waals surface area contributed by atoms with Gasteiger partial charge >= 0.3 is 5.97 Å². The van der Waals surface area contributed by atoms with Gasteiger partial charge in [0.25, 0.3) is 0 Å². The van der Waals surface area contributed by atoms with E-state index in [0.29, 0.717) is 18.1 Å². The van der Waals surface area contributed by atoms with Crippen LogP contribution in [-0.2, 0) is 28.8 Å². The molecule has 0 spiro atoms. The van der Waals surface area contributed by atoms with E-state index < -0.39 is 5.97 Å². The van der Waals surface area contributed by atoms with Crippen molar-refractivity contribution in [2.75, 3.05) is 13.2 Å². The number of nitriles is 1. The van der Waals surface area contributed by atoms with Crippen LogP contribution in [0.1, 0.15) is 49.6 Å². The highest BCUT2D eigenvalue weighted by molar-refractivity contribution is 5.71. The number of carbonyl (C=O) groups excluding carboxylic acids is 1. The van der Waals surface area contributed by atoms with Gasteiger partial charge in [0, 0.05) is 5.69 Å². The van der Waals surface area contributed by atoms with Gasteiger partial charge in [0.1, 0.15) is 11.6 Å². The van der Waals surface area contributed by atoms with E-state index in [2.05, 4.69) is 24.9 Å². The Labute approximate surface area is 131 Å². The van der Waals surface area contributed by atoms with Gasteiger partial charge in [0.05, 0.1) is 6.61 Å². The fraction of sp³-hybridized carbons (Fsp3) is 0.588. The summed E-state index contributed by atoms with van der Waals surface area (Å²) >= 11 is 0. The number of rotatable bonds is 6. The zero-order valence-corrected chi connectivity index (χ0v) is 13.4. The largest absolute Gasteiger partial charge is 0.465 e. The molecule has 0 bridgehead atoms. The van der Waals surface area contributed by atoms with Gasteiger partial charge in [-0.1, -0.05) is 13.8 Å². The van der Waals surface area contributed by atoms with Gasteiger partial charge < -0.3 is 9.47 Å². The maximum atomic E-state index is 11.5. The third-order valence-electron chi connectivity index (χ3n) is 3.66. The molecule has 0 aromatic carbocycles. The number of pyridine rings is 1. The van der Waals surface area contributed by atoms with Gasteiger partial charge in [-0.05, 0) is 49.7 Å². The molecule has 22 heavy (non-hydrogen) atoms. The summed E-state index contributed by atoms with van der Waals surface area (Å²) in [6, 6.07) is 2.19. The monoisotopic (exact) mass is 302 g/mol. The molecule has 0 saturated carbocycles. The molecule has 5 nitrogen and oxygen atoms in total. The predicted octanol–water partition coefficient (Wildman–Crippen LogP) is 2.58. The number of esters is 1. The molecule has 118 valence electrons. The van der Waals surface area contributed by atoms with Crippen LogP contribution >= 0.6 is 0 Å². The van der Waals surface area contributed by atoms with E-state index in [9.17, 15) is 10.1 Å². The summed E-state index contributed by atoms with van der Waals surface area (Å²) < 4.78 is 10.3. The van der Waals surface area contributed by atoms with Crippen molar-refractivity contribution in [2.45, 2.75) is 46.5 Å². The first-order valence-electron chi connectivity index (χ1n) is 7.79. The lowest BCUT2D eigenvalue weighted by atomic mass is 9.98. The number of ether oxygens (including phenoxy) is 2. The molecule has 0 atom stereocenters. The Morgan fingerprint density at radius 3 is 2.73 bits per heavy atom. The van der Waals surface area contributed by atoms with Crippen LogP contribution in [0.5, 0.6) is 5.88 Å². The van der Waals surface area contributed by atoms with Crippen LogP contribution < -0.4 is 4.74 Å². The van der Waals surface area contributed by atoms with Gasteiger partial charge in [0.15, 0.2) is 6.61 Å². The minimum Gasteiger partial charge on any atom is -0.465 e. The molecule has 1 aromatic heterocycles. The Kier molecular flexibility index (Phi) is 5.37. The summed E-state index contributed by atoms with van der Waals surface area (Å²) in [7, 11) is 0. The van der Waals surface area contributed by atoms with Gasteiger partial charge in [-0.2, -0.15) is 5.26 Å². The lowest BCUT2D eigenvalue weighted by Gasteiger charge is -2.15. The number of hydrogen-bond acceptors (Lipinski definition) is 5. The summed E-state index contributed by atoms with van der Waals surface area (Å²) in [5.41, 5.74) is 3.73. The molecule has 5 heteroatoms. The first-order chi connectivity index (χ1) is 10.6. The van der Waals surface area contributed by atoms with E-state index in [4.69, 9.17) is 9.47 Å². The van der Waals surface area contributed by atoms with Crippen molar-refractivity contribution in [1.82, 2.24) is 4.98 Å². The van der Waals surface area contributed by atoms with E-state index >= 15 is 0 Å². The van der Waals surface area contributed by atoms with Crippen LogP contribution in [0.15, 0.2) is 0 Å². The summed E-state index contributed by atoms with van der Waals surface area (Å²) in [6.07, 6.45) is 3.74.